The van der Waals surface area contributed by atoms with E-state index in [0.29, 0.717) is 5.02 Å². The summed E-state index contributed by atoms with van der Waals surface area (Å²) in [6.07, 6.45) is 3.28. The van der Waals surface area contributed by atoms with Crippen LogP contribution in [0.2, 0.25) is 5.02 Å². The maximum Gasteiger partial charge on any atom is 0.310 e. The first-order chi connectivity index (χ1) is 8.88. The fourth-order valence-corrected chi connectivity index (χ4v) is 3.18. The third-order valence-corrected chi connectivity index (χ3v) is 4.59. The molecule has 0 aromatic heterocycles. The molecule has 0 fully saturated rings. The van der Waals surface area contributed by atoms with Crippen molar-refractivity contribution in [3.05, 3.63) is 41.4 Å². The molecule has 0 bridgehead atoms. The molecule has 2 unspecified atom stereocenters. The number of nitrogens with one attached hydrogen (secondary N) is 1. The number of rotatable bonds is 4. The van der Waals surface area contributed by atoms with Gasteiger partial charge in [-0.25, -0.2) is 13.1 Å². The zero-order chi connectivity index (χ0) is 14.0. The van der Waals surface area contributed by atoms with Crippen molar-refractivity contribution >= 4 is 27.6 Å². The molecule has 2 N–H and O–H groups in total. The number of carboxylic acid groups (broad SMARTS) is 1. The van der Waals surface area contributed by atoms with Crippen LogP contribution in [0.25, 0.3) is 0 Å². The molecule has 2 rings (SSSR count). The summed E-state index contributed by atoms with van der Waals surface area (Å²) < 4.78 is 26.5. The monoisotopic (exact) mass is 301 g/mol. The largest absolute Gasteiger partial charge is 0.481 e. The number of sulfonamides is 1. The normalized spacial score (nSPS) is 22.6. The van der Waals surface area contributed by atoms with E-state index in [1.54, 1.807) is 6.08 Å². The van der Waals surface area contributed by atoms with Crippen LogP contribution in [0, 0.1) is 5.92 Å². The van der Waals surface area contributed by atoms with Gasteiger partial charge in [0.25, 0.3) is 0 Å². The highest BCUT2D eigenvalue weighted by Crippen LogP contribution is 2.21. The van der Waals surface area contributed by atoms with E-state index in [-0.39, 0.29) is 11.3 Å². The van der Waals surface area contributed by atoms with E-state index in [4.69, 9.17) is 16.7 Å². The van der Waals surface area contributed by atoms with Gasteiger partial charge in [0.2, 0.25) is 10.0 Å². The lowest BCUT2D eigenvalue weighted by molar-refractivity contribution is -0.140. The molecular weight excluding hydrogens is 290 g/mol. The predicted octanol–water partition coefficient (Wildman–Crippen LogP) is 1.65. The van der Waals surface area contributed by atoms with Crippen molar-refractivity contribution in [2.24, 2.45) is 5.92 Å². The lowest BCUT2D eigenvalue weighted by Gasteiger charge is -2.12. The highest BCUT2D eigenvalue weighted by atomic mass is 35.5. The van der Waals surface area contributed by atoms with E-state index >= 15 is 0 Å². The third-order valence-electron chi connectivity index (χ3n) is 2.83. The molecule has 0 radical (unpaired) electrons. The minimum atomic E-state index is -3.66. The number of hydrogen-bond donors (Lipinski definition) is 2. The van der Waals surface area contributed by atoms with E-state index in [1.807, 2.05) is 0 Å². The highest BCUT2D eigenvalue weighted by molar-refractivity contribution is 7.89. The average Bonchev–Trinajstić information content (AvgIpc) is 2.77. The zero-order valence-electron chi connectivity index (χ0n) is 9.78. The smallest absolute Gasteiger partial charge is 0.310 e. The molecule has 0 heterocycles. The van der Waals surface area contributed by atoms with Crippen LogP contribution < -0.4 is 4.72 Å². The number of hydrogen-bond acceptors (Lipinski definition) is 3. The van der Waals surface area contributed by atoms with Gasteiger partial charge in [0, 0.05) is 11.1 Å². The first-order valence-corrected chi connectivity index (χ1v) is 7.43. The van der Waals surface area contributed by atoms with Gasteiger partial charge in [-0.2, -0.15) is 0 Å². The number of carbonyl (C=O) groups is 1. The van der Waals surface area contributed by atoms with Gasteiger partial charge in [0.15, 0.2) is 0 Å². The Morgan fingerprint density at radius 1 is 1.26 bits per heavy atom. The van der Waals surface area contributed by atoms with Crippen molar-refractivity contribution in [2.45, 2.75) is 17.4 Å². The molecule has 1 aliphatic carbocycles. The summed E-state index contributed by atoms with van der Waals surface area (Å²) in [5.41, 5.74) is 0. The van der Waals surface area contributed by atoms with Crippen molar-refractivity contribution in [3.63, 3.8) is 0 Å². The SMILES string of the molecule is O=C(O)C1C=CC(NS(=O)(=O)c2ccc(Cl)cc2)C1. The van der Waals surface area contributed by atoms with Gasteiger partial charge in [0.05, 0.1) is 10.8 Å². The van der Waals surface area contributed by atoms with Crippen molar-refractivity contribution in [1.29, 1.82) is 0 Å². The van der Waals surface area contributed by atoms with Gasteiger partial charge in [-0.05, 0) is 30.7 Å². The van der Waals surface area contributed by atoms with Crippen LogP contribution in [0.15, 0.2) is 41.3 Å². The van der Waals surface area contributed by atoms with Crippen LogP contribution in [-0.4, -0.2) is 25.5 Å². The molecule has 102 valence electrons. The summed E-state index contributed by atoms with van der Waals surface area (Å²) in [4.78, 5) is 10.9. The third kappa shape index (κ3) is 3.34. The lowest BCUT2D eigenvalue weighted by Crippen LogP contribution is -2.33. The predicted molar refractivity (Wildman–Crippen MR) is 70.4 cm³/mol. The number of aliphatic carboxylic acids is 1. The molecule has 1 aromatic rings. The molecule has 0 amide bonds. The van der Waals surface area contributed by atoms with Gasteiger partial charge >= 0.3 is 5.97 Å². The van der Waals surface area contributed by atoms with E-state index in [1.165, 1.54) is 30.3 Å². The summed E-state index contributed by atoms with van der Waals surface area (Å²) in [6, 6.07) is 5.28. The summed E-state index contributed by atoms with van der Waals surface area (Å²) in [5.74, 6) is -1.60. The van der Waals surface area contributed by atoms with Gasteiger partial charge in [-0.15, -0.1) is 0 Å². The first-order valence-electron chi connectivity index (χ1n) is 5.57. The fraction of sp³-hybridized carbons (Fsp3) is 0.250. The second-order valence-corrected chi connectivity index (χ2v) is 6.40. The standard InChI is InChI=1S/C12H12ClNO4S/c13-9-2-5-11(6-3-9)19(17,18)14-10-4-1-8(7-10)12(15)16/h1-6,8,10,14H,7H2,(H,15,16). The lowest BCUT2D eigenvalue weighted by atomic mass is 10.1. The highest BCUT2D eigenvalue weighted by Gasteiger charge is 2.27. The number of carboxylic acids is 1. The van der Waals surface area contributed by atoms with Crippen LogP contribution in [0.5, 0.6) is 0 Å². The molecule has 1 aliphatic rings. The molecular formula is C12H12ClNO4S. The molecule has 19 heavy (non-hydrogen) atoms. The average molecular weight is 302 g/mol. The molecule has 0 aliphatic heterocycles. The maximum absolute atomic E-state index is 12.0. The van der Waals surface area contributed by atoms with Crippen LogP contribution in [-0.2, 0) is 14.8 Å². The van der Waals surface area contributed by atoms with Gasteiger partial charge in [-0.1, -0.05) is 23.8 Å². The van der Waals surface area contributed by atoms with E-state index in [2.05, 4.69) is 4.72 Å². The van der Waals surface area contributed by atoms with Crippen molar-refractivity contribution < 1.29 is 18.3 Å². The summed E-state index contributed by atoms with van der Waals surface area (Å²) in [7, 11) is -3.66. The van der Waals surface area contributed by atoms with Gasteiger partial charge in [0.1, 0.15) is 0 Å². The maximum atomic E-state index is 12.0. The van der Waals surface area contributed by atoms with E-state index < -0.39 is 28.0 Å². The van der Waals surface area contributed by atoms with E-state index in [9.17, 15) is 13.2 Å². The molecule has 0 saturated heterocycles. The Morgan fingerprint density at radius 3 is 2.42 bits per heavy atom. The van der Waals surface area contributed by atoms with Crippen LogP contribution in [0.1, 0.15) is 6.42 Å². The Bertz CT molecular complexity index is 609. The summed E-state index contributed by atoms with van der Waals surface area (Å²) in [5, 5.41) is 9.28. The van der Waals surface area contributed by atoms with E-state index in [0.717, 1.165) is 0 Å². The molecule has 2 atom stereocenters. The Labute approximate surface area is 115 Å². The molecule has 5 nitrogen and oxygen atoms in total. The summed E-state index contributed by atoms with van der Waals surface area (Å²) in [6.45, 7) is 0. The Hall–Kier alpha value is -1.37. The van der Waals surface area contributed by atoms with Gasteiger partial charge in [-0.3, -0.25) is 4.79 Å². The molecule has 7 heteroatoms. The van der Waals surface area contributed by atoms with Crippen molar-refractivity contribution in [1.82, 2.24) is 4.72 Å². The Morgan fingerprint density at radius 2 is 1.89 bits per heavy atom. The fourth-order valence-electron chi connectivity index (χ4n) is 1.85. The van der Waals surface area contributed by atoms with Gasteiger partial charge < -0.3 is 5.11 Å². The summed E-state index contributed by atoms with van der Waals surface area (Å²) >= 11 is 5.69. The topological polar surface area (TPSA) is 83.5 Å². The zero-order valence-corrected chi connectivity index (χ0v) is 11.4. The van der Waals surface area contributed by atoms with Crippen LogP contribution in [0.4, 0.5) is 0 Å². The van der Waals surface area contributed by atoms with Crippen molar-refractivity contribution in [2.75, 3.05) is 0 Å². The minimum absolute atomic E-state index is 0.101. The molecule has 0 saturated carbocycles. The second-order valence-electron chi connectivity index (χ2n) is 4.25. The second kappa shape index (κ2) is 5.32. The quantitative estimate of drug-likeness (QED) is 0.828. The molecule has 1 aromatic carbocycles. The van der Waals surface area contributed by atoms with Crippen LogP contribution >= 0.6 is 11.6 Å². The minimum Gasteiger partial charge on any atom is -0.481 e. The van der Waals surface area contributed by atoms with Crippen molar-refractivity contribution in [3.8, 4) is 0 Å². The molecule has 0 spiro atoms. The Balaban J connectivity index is 2.09. The van der Waals surface area contributed by atoms with Crippen LogP contribution in [0.3, 0.4) is 0 Å². The Kier molecular flexibility index (Phi) is 3.93. The number of benzene rings is 1. The first kappa shape index (κ1) is 14.0. The number of halogens is 1.